The van der Waals surface area contributed by atoms with Crippen molar-refractivity contribution < 1.29 is 13.2 Å². The van der Waals surface area contributed by atoms with Crippen molar-refractivity contribution in [3.63, 3.8) is 0 Å². The first-order valence-corrected chi connectivity index (χ1v) is 11.1. The second kappa shape index (κ2) is 8.12. The SMILES string of the molecule is Cc1cc(Br)ccc1N(C)C(=O)C1CCN(S(=O)(=O)c2ccccc2)CC1. The normalized spacial score (nSPS) is 16.3. The first-order chi connectivity index (χ1) is 12.8. The summed E-state index contributed by atoms with van der Waals surface area (Å²) in [5, 5.41) is 0. The molecule has 0 bridgehead atoms. The highest BCUT2D eigenvalue weighted by atomic mass is 79.9. The van der Waals surface area contributed by atoms with Gasteiger partial charge in [-0.2, -0.15) is 4.31 Å². The molecule has 0 spiro atoms. The van der Waals surface area contributed by atoms with Crippen LogP contribution in [0, 0.1) is 12.8 Å². The van der Waals surface area contributed by atoms with Crippen LogP contribution in [0.15, 0.2) is 57.9 Å². The van der Waals surface area contributed by atoms with Crippen molar-refractivity contribution in [3.05, 3.63) is 58.6 Å². The van der Waals surface area contributed by atoms with Crippen LogP contribution in [-0.4, -0.2) is 38.8 Å². The Bertz CT molecular complexity index is 923. The Morgan fingerprint density at radius 3 is 2.33 bits per heavy atom. The van der Waals surface area contributed by atoms with E-state index in [4.69, 9.17) is 0 Å². The summed E-state index contributed by atoms with van der Waals surface area (Å²) in [6.45, 7) is 2.69. The number of hydrogen-bond acceptors (Lipinski definition) is 3. The summed E-state index contributed by atoms with van der Waals surface area (Å²) in [6.07, 6.45) is 1.07. The predicted molar refractivity (Wildman–Crippen MR) is 110 cm³/mol. The highest BCUT2D eigenvalue weighted by Crippen LogP contribution is 2.28. The first kappa shape index (κ1) is 20.0. The van der Waals surface area contributed by atoms with Gasteiger partial charge in [0.15, 0.2) is 0 Å². The third-order valence-corrected chi connectivity index (χ3v) is 7.44. The average molecular weight is 451 g/mol. The summed E-state index contributed by atoms with van der Waals surface area (Å²) in [7, 11) is -1.71. The summed E-state index contributed by atoms with van der Waals surface area (Å²) in [6, 6.07) is 14.3. The van der Waals surface area contributed by atoms with Gasteiger partial charge in [0, 0.05) is 36.2 Å². The summed E-state index contributed by atoms with van der Waals surface area (Å²) in [5.41, 5.74) is 1.90. The summed E-state index contributed by atoms with van der Waals surface area (Å²) < 4.78 is 27.9. The van der Waals surface area contributed by atoms with Gasteiger partial charge < -0.3 is 4.90 Å². The molecule has 5 nitrogen and oxygen atoms in total. The molecule has 0 N–H and O–H groups in total. The fourth-order valence-electron chi connectivity index (χ4n) is 3.47. The van der Waals surface area contributed by atoms with Gasteiger partial charge in [0.2, 0.25) is 15.9 Å². The van der Waals surface area contributed by atoms with Gasteiger partial charge in [0.05, 0.1) is 4.90 Å². The van der Waals surface area contributed by atoms with Crippen molar-refractivity contribution >= 4 is 37.5 Å². The number of rotatable bonds is 4. The minimum Gasteiger partial charge on any atom is -0.315 e. The molecular weight excluding hydrogens is 428 g/mol. The van der Waals surface area contributed by atoms with E-state index in [2.05, 4.69) is 15.9 Å². The maximum absolute atomic E-state index is 12.9. The Morgan fingerprint density at radius 2 is 1.74 bits per heavy atom. The number of halogens is 1. The second-order valence-corrected chi connectivity index (χ2v) is 9.67. The first-order valence-electron chi connectivity index (χ1n) is 8.89. The van der Waals surface area contributed by atoms with Crippen molar-refractivity contribution in [3.8, 4) is 0 Å². The topological polar surface area (TPSA) is 57.7 Å². The van der Waals surface area contributed by atoms with Gasteiger partial charge >= 0.3 is 0 Å². The number of hydrogen-bond donors (Lipinski definition) is 0. The van der Waals surface area contributed by atoms with Gasteiger partial charge in [-0.15, -0.1) is 0 Å². The van der Waals surface area contributed by atoms with Crippen LogP contribution in [0.4, 0.5) is 5.69 Å². The Morgan fingerprint density at radius 1 is 1.11 bits per heavy atom. The van der Waals surface area contributed by atoms with Crippen LogP contribution in [0.1, 0.15) is 18.4 Å². The lowest BCUT2D eigenvalue weighted by Gasteiger charge is -2.33. The van der Waals surface area contributed by atoms with Crippen molar-refractivity contribution in [1.82, 2.24) is 4.31 Å². The Kier molecular flexibility index (Phi) is 6.03. The number of piperidine rings is 1. The monoisotopic (exact) mass is 450 g/mol. The van der Waals surface area contributed by atoms with Gasteiger partial charge in [0.25, 0.3) is 0 Å². The molecule has 0 unspecified atom stereocenters. The molecule has 1 saturated heterocycles. The third-order valence-electron chi connectivity index (χ3n) is 5.03. The standard InChI is InChI=1S/C20H23BrN2O3S/c1-15-14-17(21)8-9-19(15)22(2)20(24)16-10-12-23(13-11-16)27(25,26)18-6-4-3-5-7-18/h3-9,14,16H,10-13H2,1-2H3. The molecule has 27 heavy (non-hydrogen) atoms. The van der Waals surface area contributed by atoms with Crippen LogP contribution in [0.25, 0.3) is 0 Å². The molecule has 0 radical (unpaired) electrons. The summed E-state index contributed by atoms with van der Waals surface area (Å²) in [5.74, 6) is -0.127. The van der Waals surface area contributed by atoms with E-state index in [1.165, 1.54) is 4.31 Å². The van der Waals surface area contributed by atoms with E-state index in [-0.39, 0.29) is 11.8 Å². The second-order valence-electron chi connectivity index (χ2n) is 6.82. The number of aryl methyl sites for hydroxylation is 1. The lowest BCUT2D eigenvalue weighted by Crippen LogP contribution is -2.43. The molecule has 0 aliphatic carbocycles. The Labute approximate surface area is 169 Å². The van der Waals surface area contributed by atoms with E-state index < -0.39 is 10.0 Å². The van der Waals surface area contributed by atoms with Crippen molar-refractivity contribution in [2.24, 2.45) is 5.92 Å². The number of sulfonamides is 1. The van der Waals surface area contributed by atoms with Crippen LogP contribution in [0.3, 0.4) is 0 Å². The molecular formula is C20H23BrN2O3S. The van der Waals surface area contributed by atoms with E-state index in [0.717, 1.165) is 15.7 Å². The molecule has 0 atom stereocenters. The molecule has 7 heteroatoms. The molecule has 2 aromatic rings. The van der Waals surface area contributed by atoms with E-state index in [9.17, 15) is 13.2 Å². The zero-order chi connectivity index (χ0) is 19.6. The maximum atomic E-state index is 12.9. The lowest BCUT2D eigenvalue weighted by molar-refractivity contribution is -0.123. The Balaban J connectivity index is 1.67. The fraction of sp³-hybridized carbons (Fsp3) is 0.350. The van der Waals surface area contributed by atoms with Crippen LogP contribution < -0.4 is 4.90 Å². The lowest BCUT2D eigenvalue weighted by atomic mass is 9.96. The number of carbonyl (C=O) groups is 1. The van der Waals surface area contributed by atoms with Crippen LogP contribution in [0.5, 0.6) is 0 Å². The predicted octanol–water partition coefficient (Wildman–Crippen LogP) is 3.82. The average Bonchev–Trinajstić information content (AvgIpc) is 2.68. The minimum absolute atomic E-state index is 0.0391. The van der Waals surface area contributed by atoms with Gasteiger partial charge in [-0.1, -0.05) is 34.1 Å². The molecule has 1 fully saturated rings. The van der Waals surface area contributed by atoms with E-state index >= 15 is 0 Å². The van der Waals surface area contributed by atoms with Crippen molar-refractivity contribution in [2.45, 2.75) is 24.7 Å². The van der Waals surface area contributed by atoms with Crippen LogP contribution in [-0.2, 0) is 14.8 Å². The van der Waals surface area contributed by atoms with Crippen molar-refractivity contribution in [2.75, 3.05) is 25.0 Å². The maximum Gasteiger partial charge on any atom is 0.243 e. The highest BCUT2D eigenvalue weighted by Gasteiger charge is 2.33. The molecule has 1 aliphatic rings. The van der Waals surface area contributed by atoms with Gasteiger partial charge in [-0.05, 0) is 55.7 Å². The highest BCUT2D eigenvalue weighted by molar-refractivity contribution is 9.10. The molecule has 3 rings (SSSR count). The van der Waals surface area contributed by atoms with Crippen molar-refractivity contribution in [1.29, 1.82) is 0 Å². The molecule has 0 saturated carbocycles. The number of amides is 1. The number of carbonyl (C=O) groups excluding carboxylic acids is 1. The number of benzene rings is 2. The fourth-order valence-corrected chi connectivity index (χ4v) is 5.44. The molecule has 144 valence electrons. The summed E-state index contributed by atoms with van der Waals surface area (Å²) >= 11 is 3.44. The van der Waals surface area contributed by atoms with Gasteiger partial charge in [-0.3, -0.25) is 4.79 Å². The van der Waals surface area contributed by atoms with Crippen LogP contribution in [0.2, 0.25) is 0 Å². The minimum atomic E-state index is -3.49. The Hall–Kier alpha value is -1.70. The zero-order valence-corrected chi connectivity index (χ0v) is 17.8. The summed E-state index contributed by atoms with van der Waals surface area (Å²) in [4.78, 5) is 14.9. The van der Waals surface area contributed by atoms with Crippen LogP contribution >= 0.6 is 15.9 Å². The quantitative estimate of drug-likeness (QED) is 0.710. The van der Waals surface area contributed by atoms with E-state index in [1.807, 2.05) is 25.1 Å². The third kappa shape index (κ3) is 4.25. The van der Waals surface area contributed by atoms with E-state index in [0.29, 0.717) is 30.8 Å². The molecule has 1 heterocycles. The smallest absolute Gasteiger partial charge is 0.243 e. The molecule has 2 aromatic carbocycles. The molecule has 1 aliphatic heterocycles. The molecule has 0 aromatic heterocycles. The van der Waals surface area contributed by atoms with Gasteiger partial charge in [-0.25, -0.2) is 8.42 Å². The number of nitrogens with zero attached hydrogens (tertiary/aromatic N) is 2. The largest absolute Gasteiger partial charge is 0.315 e. The zero-order valence-electron chi connectivity index (χ0n) is 15.4. The van der Waals surface area contributed by atoms with E-state index in [1.54, 1.807) is 42.3 Å². The number of anilines is 1. The van der Waals surface area contributed by atoms with Gasteiger partial charge in [0.1, 0.15) is 0 Å². The molecule has 1 amide bonds.